The molecular formula is C14H21BrClFN2. The number of likely N-dealkylation sites (tertiary alicyclic amines) is 1. The van der Waals surface area contributed by atoms with E-state index in [0.717, 1.165) is 36.1 Å². The van der Waals surface area contributed by atoms with E-state index in [4.69, 9.17) is 5.73 Å². The molecule has 2 nitrogen and oxygen atoms in total. The summed E-state index contributed by atoms with van der Waals surface area (Å²) in [7, 11) is 0. The molecule has 1 aromatic rings. The van der Waals surface area contributed by atoms with Crippen LogP contribution in [0.2, 0.25) is 0 Å². The summed E-state index contributed by atoms with van der Waals surface area (Å²) in [6, 6.07) is 5.16. The van der Waals surface area contributed by atoms with Gasteiger partial charge in [-0.1, -0.05) is 35.8 Å². The van der Waals surface area contributed by atoms with E-state index >= 15 is 0 Å². The van der Waals surface area contributed by atoms with E-state index in [2.05, 4.69) is 34.7 Å². The van der Waals surface area contributed by atoms with Gasteiger partial charge < -0.3 is 5.73 Å². The summed E-state index contributed by atoms with van der Waals surface area (Å²) in [4.78, 5) is 2.39. The zero-order valence-corrected chi connectivity index (χ0v) is 13.7. The summed E-state index contributed by atoms with van der Waals surface area (Å²) in [6.45, 7) is 7.26. The van der Waals surface area contributed by atoms with Gasteiger partial charge in [0.1, 0.15) is 5.82 Å². The molecule has 0 aliphatic carbocycles. The quantitative estimate of drug-likeness (QED) is 0.882. The molecular weight excluding hydrogens is 331 g/mol. The van der Waals surface area contributed by atoms with Gasteiger partial charge in [0, 0.05) is 30.1 Å². The molecule has 1 saturated heterocycles. The topological polar surface area (TPSA) is 29.3 Å². The van der Waals surface area contributed by atoms with Gasteiger partial charge in [0.25, 0.3) is 0 Å². The van der Waals surface area contributed by atoms with Crippen LogP contribution in [0.3, 0.4) is 0 Å². The van der Waals surface area contributed by atoms with Crippen molar-refractivity contribution < 1.29 is 4.39 Å². The van der Waals surface area contributed by atoms with Crippen molar-refractivity contribution >= 4 is 28.3 Å². The van der Waals surface area contributed by atoms with Crippen LogP contribution in [0.25, 0.3) is 0 Å². The minimum Gasteiger partial charge on any atom is -0.327 e. The summed E-state index contributed by atoms with van der Waals surface area (Å²) in [5.41, 5.74) is 7.40. The zero-order valence-electron chi connectivity index (χ0n) is 11.3. The van der Waals surface area contributed by atoms with Crippen LogP contribution in [0.1, 0.15) is 25.8 Å². The molecule has 1 unspecified atom stereocenters. The van der Waals surface area contributed by atoms with Gasteiger partial charge in [0.15, 0.2) is 0 Å². The van der Waals surface area contributed by atoms with E-state index in [1.807, 2.05) is 6.07 Å². The Balaban J connectivity index is 0.00000180. The predicted octanol–water partition coefficient (Wildman–Crippen LogP) is 3.57. The smallest absolute Gasteiger partial charge is 0.124 e. The van der Waals surface area contributed by atoms with Gasteiger partial charge in [0.2, 0.25) is 0 Å². The van der Waals surface area contributed by atoms with Crippen molar-refractivity contribution in [3.63, 3.8) is 0 Å². The van der Waals surface area contributed by atoms with Crippen molar-refractivity contribution in [3.05, 3.63) is 34.1 Å². The number of nitrogens with zero attached hydrogens (tertiary/aromatic N) is 1. The Morgan fingerprint density at radius 1 is 1.47 bits per heavy atom. The largest absolute Gasteiger partial charge is 0.327 e. The molecule has 108 valence electrons. The lowest BCUT2D eigenvalue weighted by Crippen LogP contribution is -2.52. The van der Waals surface area contributed by atoms with Gasteiger partial charge in [-0.15, -0.1) is 12.4 Å². The number of rotatable bonds is 2. The Kier molecular flexibility index (Phi) is 5.80. The molecule has 0 aromatic heterocycles. The van der Waals surface area contributed by atoms with Crippen LogP contribution in [0.4, 0.5) is 4.39 Å². The second-order valence-electron chi connectivity index (χ2n) is 5.83. The van der Waals surface area contributed by atoms with E-state index < -0.39 is 0 Å². The Hall–Kier alpha value is -0.160. The van der Waals surface area contributed by atoms with Crippen LogP contribution >= 0.6 is 28.3 Å². The summed E-state index contributed by atoms with van der Waals surface area (Å²) >= 11 is 3.42. The third kappa shape index (κ3) is 4.15. The molecule has 0 radical (unpaired) electrons. The fourth-order valence-electron chi connectivity index (χ4n) is 2.51. The highest BCUT2D eigenvalue weighted by atomic mass is 79.9. The first kappa shape index (κ1) is 16.9. The van der Waals surface area contributed by atoms with Crippen molar-refractivity contribution in [3.8, 4) is 0 Å². The summed E-state index contributed by atoms with van der Waals surface area (Å²) in [6.07, 6.45) is 1.02. The first-order valence-electron chi connectivity index (χ1n) is 6.30. The van der Waals surface area contributed by atoms with Gasteiger partial charge in [-0.05, 0) is 29.5 Å². The summed E-state index contributed by atoms with van der Waals surface area (Å²) in [5, 5.41) is 0. The first-order valence-corrected chi connectivity index (χ1v) is 7.10. The lowest BCUT2D eigenvalue weighted by Gasteiger charge is -2.42. The molecule has 1 aromatic carbocycles. The predicted molar refractivity (Wildman–Crippen MR) is 83.0 cm³/mol. The summed E-state index contributed by atoms with van der Waals surface area (Å²) in [5.74, 6) is -0.202. The SMILES string of the molecule is CC1(C)CN(Cc2ccc(F)cc2Br)CCC1N.Cl. The number of halogens is 3. The van der Waals surface area contributed by atoms with Crippen LogP contribution < -0.4 is 5.73 Å². The molecule has 2 rings (SSSR count). The van der Waals surface area contributed by atoms with Crippen LogP contribution in [-0.4, -0.2) is 24.0 Å². The molecule has 1 atom stereocenters. The fourth-order valence-corrected chi connectivity index (χ4v) is 2.99. The number of hydrogen-bond acceptors (Lipinski definition) is 2. The lowest BCUT2D eigenvalue weighted by atomic mass is 9.79. The first-order chi connectivity index (χ1) is 8.38. The Labute approximate surface area is 129 Å². The average molecular weight is 352 g/mol. The maximum atomic E-state index is 13.0. The van der Waals surface area contributed by atoms with E-state index in [0.29, 0.717) is 0 Å². The summed E-state index contributed by atoms with van der Waals surface area (Å²) < 4.78 is 13.9. The van der Waals surface area contributed by atoms with Crippen molar-refractivity contribution in [2.24, 2.45) is 11.1 Å². The second kappa shape index (κ2) is 6.53. The lowest BCUT2D eigenvalue weighted by molar-refractivity contribution is 0.0897. The van der Waals surface area contributed by atoms with E-state index in [-0.39, 0.29) is 29.7 Å². The zero-order chi connectivity index (χ0) is 13.3. The van der Waals surface area contributed by atoms with Gasteiger partial charge in [-0.25, -0.2) is 4.39 Å². The standard InChI is InChI=1S/C14H20BrFN2.ClH/c1-14(2)9-18(6-5-13(14)17)8-10-3-4-11(16)7-12(10)15;/h3-4,7,13H,5-6,8-9,17H2,1-2H3;1H. The minimum absolute atomic E-state index is 0. The Morgan fingerprint density at radius 3 is 2.74 bits per heavy atom. The monoisotopic (exact) mass is 350 g/mol. The molecule has 19 heavy (non-hydrogen) atoms. The van der Waals surface area contributed by atoms with Crippen molar-refractivity contribution in [2.75, 3.05) is 13.1 Å². The van der Waals surface area contributed by atoms with Gasteiger partial charge >= 0.3 is 0 Å². The van der Waals surface area contributed by atoms with E-state index in [1.165, 1.54) is 12.1 Å². The fraction of sp³-hybridized carbons (Fsp3) is 0.571. The molecule has 0 spiro atoms. The molecule has 2 N–H and O–H groups in total. The molecule has 1 aliphatic heterocycles. The molecule has 1 fully saturated rings. The molecule has 1 aliphatic rings. The normalized spacial score (nSPS) is 22.9. The highest BCUT2D eigenvalue weighted by molar-refractivity contribution is 9.10. The molecule has 0 bridgehead atoms. The average Bonchev–Trinajstić information content (AvgIpc) is 2.27. The molecule has 0 amide bonds. The Morgan fingerprint density at radius 2 is 2.16 bits per heavy atom. The van der Waals surface area contributed by atoms with Crippen LogP contribution in [0.5, 0.6) is 0 Å². The maximum Gasteiger partial charge on any atom is 0.124 e. The van der Waals surface area contributed by atoms with Gasteiger partial charge in [-0.3, -0.25) is 4.90 Å². The molecule has 5 heteroatoms. The number of nitrogens with two attached hydrogens (primary N) is 1. The Bertz CT molecular complexity index is 439. The van der Waals surface area contributed by atoms with Crippen LogP contribution in [0, 0.1) is 11.2 Å². The number of hydrogen-bond donors (Lipinski definition) is 1. The van der Waals surface area contributed by atoms with Gasteiger partial charge in [0.05, 0.1) is 0 Å². The van der Waals surface area contributed by atoms with E-state index in [9.17, 15) is 4.39 Å². The van der Waals surface area contributed by atoms with Crippen molar-refractivity contribution in [1.82, 2.24) is 4.90 Å². The number of benzene rings is 1. The van der Waals surface area contributed by atoms with Crippen LogP contribution in [0.15, 0.2) is 22.7 Å². The maximum absolute atomic E-state index is 13.0. The molecule has 0 saturated carbocycles. The second-order valence-corrected chi connectivity index (χ2v) is 6.68. The highest BCUT2D eigenvalue weighted by Gasteiger charge is 2.33. The highest BCUT2D eigenvalue weighted by Crippen LogP contribution is 2.29. The van der Waals surface area contributed by atoms with Crippen LogP contribution in [-0.2, 0) is 6.54 Å². The number of piperidine rings is 1. The van der Waals surface area contributed by atoms with Crippen molar-refractivity contribution in [1.29, 1.82) is 0 Å². The third-order valence-corrected chi connectivity index (χ3v) is 4.54. The minimum atomic E-state index is -0.202. The van der Waals surface area contributed by atoms with Crippen molar-refractivity contribution in [2.45, 2.75) is 32.9 Å². The molecule has 1 heterocycles. The van der Waals surface area contributed by atoms with E-state index in [1.54, 1.807) is 0 Å². The van der Waals surface area contributed by atoms with Gasteiger partial charge in [-0.2, -0.15) is 0 Å². The third-order valence-electron chi connectivity index (χ3n) is 3.80.